The quantitative estimate of drug-likeness (QED) is 0.708. The lowest BCUT2D eigenvalue weighted by atomic mass is 10.2. The lowest BCUT2D eigenvalue weighted by Gasteiger charge is -2.03. The minimum Gasteiger partial charge on any atom is -0.255 e. The summed E-state index contributed by atoms with van der Waals surface area (Å²) in [5.74, 6) is 0. The van der Waals surface area contributed by atoms with Crippen LogP contribution in [0, 0.1) is 0 Å². The Morgan fingerprint density at radius 1 is 0.684 bits per heavy atom. The first-order chi connectivity index (χ1) is 9.33. The molecule has 0 aliphatic heterocycles. The molecule has 0 saturated heterocycles. The second kappa shape index (κ2) is 5.16. The molecule has 0 N–H and O–H groups in total. The first kappa shape index (κ1) is 11.8. The van der Waals surface area contributed by atoms with E-state index in [1.165, 1.54) is 0 Å². The maximum absolute atomic E-state index is 5.83. The molecule has 0 amide bonds. The van der Waals surface area contributed by atoms with E-state index in [1.54, 1.807) is 18.5 Å². The fraction of sp³-hybridized carbons (Fsp3) is 0. The normalized spacial score (nSPS) is 10.4. The maximum atomic E-state index is 5.83. The van der Waals surface area contributed by atoms with E-state index in [-0.39, 0.29) is 0 Å². The SMILES string of the molecule is Clc1ccc(-c2cccc(-c3ccccn3)n2)nc1. The number of hydrogen-bond donors (Lipinski definition) is 0. The number of aromatic nitrogens is 3. The molecule has 0 atom stereocenters. The Kier molecular flexibility index (Phi) is 3.21. The lowest BCUT2D eigenvalue weighted by Crippen LogP contribution is -1.91. The highest BCUT2D eigenvalue weighted by Crippen LogP contribution is 2.20. The van der Waals surface area contributed by atoms with Crippen LogP contribution in [0.4, 0.5) is 0 Å². The summed E-state index contributed by atoms with van der Waals surface area (Å²) in [5, 5.41) is 0.615. The number of hydrogen-bond acceptors (Lipinski definition) is 3. The van der Waals surface area contributed by atoms with Gasteiger partial charge in [-0.1, -0.05) is 23.7 Å². The van der Waals surface area contributed by atoms with Gasteiger partial charge in [-0.15, -0.1) is 0 Å². The van der Waals surface area contributed by atoms with Gasteiger partial charge in [-0.3, -0.25) is 9.97 Å². The van der Waals surface area contributed by atoms with Gasteiger partial charge in [0, 0.05) is 12.4 Å². The van der Waals surface area contributed by atoms with Gasteiger partial charge in [-0.25, -0.2) is 4.98 Å². The Hall–Kier alpha value is -2.26. The van der Waals surface area contributed by atoms with E-state index in [2.05, 4.69) is 15.0 Å². The molecule has 0 bridgehead atoms. The zero-order valence-electron chi connectivity index (χ0n) is 9.99. The Morgan fingerprint density at radius 2 is 1.42 bits per heavy atom. The Labute approximate surface area is 116 Å². The van der Waals surface area contributed by atoms with Crippen LogP contribution in [-0.2, 0) is 0 Å². The van der Waals surface area contributed by atoms with Gasteiger partial charge < -0.3 is 0 Å². The smallest absolute Gasteiger partial charge is 0.0894 e. The summed E-state index contributed by atoms with van der Waals surface area (Å²) < 4.78 is 0. The molecule has 92 valence electrons. The van der Waals surface area contributed by atoms with Crippen molar-refractivity contribution in [2.75, 3.05) is 0 Å². The molecule has 0 unspecified atom stereocenters. The molecule has 3 nitrogen and oxygen atoms in total. The van der Waals surface area contributed by atoms with Crippen LogP contribution in [0.1, 0.15) is 0 Å². The average molecular weight is 268 g/mol. The van der Waals surface area contributed by atoms with Crippen molar-refractivity contribution >= 4 is 11.6 Å². The van der Waals surface area contributed by atoms with Crippen molar-refractivity contribution in [3.63, 3.8) is 0 Å². The van der Waals surface area contributed by atoms with Crippen LogP contribution in [0.5, 0.6) is 0 Å². The lowest BCUT2D eigenvalue weighted by molar-refractivity contribution is 1.22. The highest BCUT2D eigenvalue weighted by atomic mass is 35.5. The Balaban J connectivity index is 2.03. The summed E-state index contributed by atoms with van der Waals surface area (Å²) in [6.45, 7) is 0. The largest absolute Gasteiger partial charge is 0.255 e. The van der Waals surface area contributed by atoms with Crippen LogP contribution in [0.25, 0.3) is 22.8 Å². The van der Waals surface area contributed by atoms with Crippen molar-refractivity contribution in [3.8, 4) is 22.8 Å². The van der Waals surface area contributed by atoms with Crippen molar-refractivity contribution in [1.82, 2.24) is 15.0 Å². The fourth-order valence-electron chi connectivity index (χ4n) is 1.76. The zero-order chi connectivity index (χ0) is 13.1. The van der Waals surface area contributed by atoms with Gasteiger partial charge in [0.25, 0.3) is 0 Å². The van der Waals surface area contributed by atoms with Crippen LogP contribution in [0.2, 0.25) is 5.02 Å². The van der Waals surface area contributed by atoms with E-state index in [1.807, 2.05) is 42.5 Å². The molecule has 0 fully saturated rings. The minimum absolute atomic E-state index is 0.615. The monoisotopic (exact) mass is 267 g/mol. The summed E-state index contributed by atoms with van der Waals surface area (Å²) >= 11 is 5.83. The first-order valence-corrected chi connectivity index (χ1v) is 6.21. The molecule has 0 spiro atoms. The highest BCUT2D eigenvalue weighted by Gasteiger charge is 2.04. The average Bonchev–Trinajstić information content (AvgIpc) is 2.49. The second-order valence-corrected chi connectivity index (χ2v) is 4.42. The van der Waals surface area contributed by atoms with Crippen molar-refractivity contribution in [3.05, 3.63) is 65.9 Å². The topological polar surface area (TPSA) is 38.7 Å². The molecule has 3 heterocycles. The van der Waals surface area contributed by atoms with Crippen LogP contribution < -0.4 is 0 Å². The van der Waals surface area contributed by atoms with E-state index < -0.39 is 0 Å². The molecule has 0 aliphatic rings. The van der Waals surface area contributed by atoms with Gasteiger partial charge in [0.2, 0.25) is 0 Å². The molecule has 19 heavy (non-hydrogen) atoms. The third-order valence-corrected chi connectivity index (χ3v) is 2.89. The van der Waals surface area contributed by atoms with E-state index in [0.29, 0.717) is 5.02 Å². The van der Waals surface area contributed by atoms with Crippen molar-refractivity contribution in [1.29, 1.82) is 0 Å². The molecular weight excluding hydrogens is 258 g/mol. The fourth-order valence-corrected chi connectivity index (χ4v) is 1.87. The molecule has 4 heteroatoms. The number of pyridine rings is 3. The predicted octanol–water partition coefficient (Wildman–Crippen LogP) is 3.86. The number of halogens is 1. The van der Waals surface area contributed by atoms with Gasteiger partial charge in [-0.2, -0.15) is 0 Å². The summed E-state index contributed by atoms with van der Waals surface area (Å²) in [7, 11) is 0. The third-order valence-electron chi connectivity index (χ3n) is 2.67. The van der Waals surface area contributed by atoms with E-state index in [9.17, 15) is 0 Å². The molecule has 3 rings (SSSR count). The molecule has 3 aromatic heterocycles. The summed E-state index contributed by atoms with van der Waals surface area (Å²) in [4.78, 5) is 13.1. The summed E-state index contributed by atoms with van der Waals surface area (Å²) in [6.07, 6.45) is 3.37. The predicted molar refractivity (Wildman–Crippen MR) is 75.7 cm³/mol. The number of nitrogens with zero attached hydrogens (tertiary/aromatic N) is 3. The Bertz CT molecular complexity index is 681. The van der Waals surface area contributed by atoms with Crippen LogP contribution in [0.15, 0.2) is 60.9 Å². The number of rotatable bonds is 2. The van der Waals surface area contributed by atoms with Gasteiger partial charge in [-0.05, 0) is 36.4 Å². The van der Waals surface area contributed by atoms with Crippen molar-refractivity contribution in [2.24, 2.45) is 0 Å². The van der Waals surface area contributed by atoms with Gasteiger partial charge in [0.1, 0.15) is 0 Å². The molecular formula is C15H10ClN3. The first-order valence-electron chi connectivity index (χ1n) is 5.83. The van der Waals surface area contributed by atoms with Gasteiger partial charge >= 0.3 is 0 Å². The standard InChI is InChI=1S/C15H10ClN3/c16-11-7-8-13(18-10-11)15-6-3-5-14(19-15)12-4-1-2-9-17-12/h1-10H. The van der Waals surface area contributed by atoms with Crippen LogP contribution in [0.3, 0.4) is 0 Å². The van der Waals surface area contributed by atoms with E-state index >= 15 is 0 Å². The van der Waals surface area contributed by atoms with Crippen molar-refractivity contribution < 1.29 is 0 Å². The summed E-state index contributed by atoms with van der Waals surface area (Å²) in [6, 6.07) is 15.2. The van der Waals surface area contributed by atoms with Gasteiger partial charge in [0.05, 0.1) is 27.8 Å². The van der Waals surface area contributed by atoms with E-state index in [0.717, 1.165) is 22.8 Å². The third kappa shape index (κ3) is 2.61. The molecule has 0 saturated carbocycles. The zero-order valence-corrected chi connectivity index (χ0v) is 10.7. The van der Waals surface area contributed by atoms with Crippen LogP contribution in [-0.4, -0.2) is 15.0 Å². The molecule has 0 radical (unpaired) electrons. The minimum atomic E-state index is 0.615. The highest BCUT2D eigenvalue weighted by molar-refractivity contribution is 6.30. The van der Waals surface area contributed by atoms with Crippen molar-refractivity contribution in [2.45, 2.75) is 0 Å². The maximum Gasteiger partial charge on any atom is 0.0894 e. The Morgan fingerprint density at radius 3 is 2.05 bits per heavy atom. The summed E-state index contributed by atoms with van der Waals surface area (Å²) in [5.41, 5.74) is 3.27. The van der Waals surface area contributed by atoms with E-state index in [4.69, 9.17) is 11.6 Å². The van der Waals surface area contributed by atoms with Gasteiger partial charge in [0.15, 0.2) is 0 Å². The molecule has 0 aromatic carbocycles. The second-order valence-electron chi connectivity index (χ2n) is 3.98. The molecule has 3 aromatic rings. The van der Waals surface area contributed by atoms with Crippen LogP contribution >= 0.6 is 11.6 Å². The molecule has 0 aliphatic carbocycles.